The Morgan fingerprint density at radius 1 is 1.07 bits per heavy atom. The number of rotatable bonds is 4. The zero-order valence-electron chi connectivity index (χ0n) is 17.3. The van der Waals surface area contributed by atoms with Gasteiger partial charge >= 0.3 is 0 Å². The summed E-state index contributed by atoms with van der Waals surface area (Å²) >= 11 is 0. The zero-order chi connectivity index (χ0) is 20.0. The quantitative estimate of drug-likeness (QED) is 0.684. The van der Waals surface area contributed by atoms with Crippen LogP contribution in [0.1, 0.15) is 23.2 Å². The van der Waals surface area contributed by atoms with Gasteiger partial charge in [0.15, 0.2) is 5.82 Å². The van der Waals surface area contributed by atoms with Crippen LogP contribution in [0.25, 0.3) is 11.4 Å². The summed E-state index contributed by atoms with van der Waals surface area (Å²) in [5.74, 6) is 1.68. The first-order chi connectivity index (χ1) is 14.1. The highest BCUT2D eigenvalue weighted by atomic mass is 15.3. The highest BCUT2D eigenvalue weighted by molar-refractivity contribution is 5.59. The molecule has 3 aromatic heterocycles. The molecule has 0 aliphatic carbocycles. The minimum Gasteiger partial charge on any atom is -0.351 e. The SMILES string of the molecule is Cc1cccnc1CN1CC2CCN(c3ccc(-c4c(C)cnn4C)nn3)C2C1. The number of anilines is 1. The van der Waals surface area contributed by atoms with E-state index < -0.39 is 0 Å². The van der Waals surface area contributed by atoms with Gasteiger partial charge in [-0.1, -0.05) is 6.07 Å². The van der Waals surface area contributed by atoms with Gasteiger partial charge in [-0.15, -0.1) is 10.2 Å². The number of aromatic nitrogens is 5. The van der Waals surface area contributed by atoms with Gasteiger partial charge in [0.25, 0.3) is 0 Å². The monoisotopic (exact) mass is 389 g/mol. The Balaban J connectivity index is 1.31. The number of pyridine rings is 1. The van der Waals surface area contributed by atoms with Crippen molar-refractivity contribution in [3.8, 4) is 11.4 Å². The molecule has 29 heavy (non-hydrogen) atoms. The smallest absolute Gasteiger partial charge is 0.151 e. The molecule has 5 heterocycles. The van der Waals surface area contributed by atoms with Crippen molar-refractivity contribution in [3.05, 3.63) is 53.5 Å². The number of fused-ring (bicyclic) bond motifs is 1. The molecule has 150 valence electrons. The van der Waals surface area contributed by atoms with Crippen molar-refractivity contribution in [1.82, 2.24) is 29.9 Å². The second kappa shape index (κ2) is 7.22. The lowest BCUT2D eigenvalue weighted by Crippen LogP contribution is -2.35. The number of hydrogen-bond acceptors (Lipinski definition) is 6. The number of hydrogen-bond donors (Lipinski definition) is 0. The number of likely N-dealkylation sites (tertiary alicyclic amines) is 1. The molecule has 0 aromatic carbocycles. The number of nitrogens with zero attached hydrogens (tertiary/aromatic N) is 7. The topological polar surface area (TPSA) is 63.0 Å². The van der Waals surface area contributed by atoms with Gasteiger partial charge in [0.2, 0.25) is 0 Å². The molecule has 2 aliphatic rings. The fourth-order valence-electron chi connectivity index (χ4n) is 4.88. The molecule has 2 aliphatic heterocycles. The summed E-state index contributed by atoms with van der Waals surface area (Å²) < 4.78 is 1.86. The van der Waals surface area contributed by atoms with Crippen LogP contribution < -0.4 is 4.90 Å². The molecule has 0 radical (unpaired) electrons. The summed E-state index contributed by atoms with van der Waals surface area (Å²) in [7, 11) is 1.94. The first-order valence-electron chi connectivity index (χ1n) is 10.3. The maximum Gasteiger partial charge on any atom is 0.151 e. The largest absolute Gasteiger partial charge is 0.351 e. The van der Waals surface area contributed by atoms with Crippen LogP contribution in [0.5, 0.6) is 0 Å². The van der Waals surface area contributed by atoms with E-state index in [-0.39, 0.29) is 0 Å². The molecule has 0 N–H and O–H groups in total. The van der Waals surface area contributed by atoms with Crippen molar-refractivity contribution in [3.63, 3.8) is 0 Å². The Morgan fingerprint density at radius 2 is 1.97 bits per heavy atom. The molecule has 0 amide bonds. The molecule has 5 rings (SSSR count). The van der Waals surface area contributed by atoms with Gasteiger partial charge in [-0.05, 0) is 55.5 Å². The fourth-order valence-corrected chi connectivity index (χ4v) is 4.88. The fraction of sp³-hybridized carbons (Fsp3) is 0.455. The van der Waals surface area contributed by atoms with Crippen molar-refractivity contribution < 1.29 is 0 Å². The van der Waals surface area contributed by atoms with Gasteiger partial charge in [0.1, 0.15) is 5.69 Å². The van der Waals surface area contributed by atoms with E-state index in [9.17, 15) is 0 Å². The van der Waals surface area contributed by atoms with E-state index in [1.807, 2.05) is 30.2 Å². The van der Waals surface area contributed by atoms with Crippen LogP contribution in [-0.2, 0) is 13.6 Å². The predicted octanol–water partition coefficient (Wildman–Crippen LogP) is 2.60. The van der Waals surface area contributed by atoms with Crippen LogP contribution in [0.15, 0.2) is 36.7 Å². The van der Waals surface area contributed by atoms with Crippen molar-refractivity contribution in [2.45, 2.75) is 32.9 Å². The first-order valence-corrected chi connectivity index (χ1v) is 10.3. The lowest BCUT2D eigenvalue weighted by atomic mass is 10.1. The molecule has 3 aromatic rings. The van der Waals surface area contributed by atoms with Crippen LogP contribution in [0.2, 0.25) is 0 Å². The lowest BCUT2D eigenvalue weighted by molar-refractivity contribution is 0.305. The van der Waals surface area contributed by atoms with Crippen molar-refractivity contribution in [2.75, 3.05) is 24.5 Å². The second-order valence-corrected chi connectivity index (χ2v) is 8.35. The summed E-state index contributed by atoms with van der Waals surface area (Å²) in [6.45, 7) is 8.39. The Bertz CT molecular complexity index is 991. The summed E-state index contributed by atoms with van der Waals surface area (Å²) in [6, 6.07) is 8.85. The van der Waals surface area contributed by atoms with Crippen LogP contribution in [0.3, 0.4) is 0 Å². The molecule has 0 saturated carbocycles. The summed E-state index contributed by atoms with van der Waals surface area (Å²) in [5.41, 5.74) is 5.48. The van der Waals surface area contributed by atoms with E-state index >= 15 is 0 Å². The van der Waals surface area contributed by atoms with Gasteiger partial charge in [-0.2, -0.15) is 5.10 Å². The molecular formula is C22H27N7. The third kappa shape index (κ3) is 3.29. The summed E-state index contributed by atoms with van der Waals surface area (Å²) in [5, 5.41) is 13.4. The number of aryl methyl sites for hydroxylation is 3. The molecular weight excluding hydrogens is 362 g/mol. The van der Waals surface area contributed by atoms with Crippen LogP contribution in [0.4, 0.5) is 5.82 Å². The second-order valence-electron chi connectivity index (χ2n) is 8.35. The Morgan fingerprint density at radius 3 is 2.69 bits per heavy atom. The highest BCUT2D eigenvalue weighted by Gasteiger charge is 2.42. The van der Waals surface area contributed by atoms with E-state index in [4.69, 9.17) is 0 Å². The first kappa shape index (κ1) is 18.2. The Kier molecular flexibility index (Phi) is 4.54. The zero-order valence-corrected chi connectivity index (χ0v) is 17.3. The van der Waals surface area contributed by atoms with E-state index in [0.717, 1.165) is 48.9 Å². The average molecular weight is 390 g/mol. The third-order valence-electron chi connectivity index (χ3n) is 6.42. The lowest BCUT2D eigenvalue weighted by Gasteiger charge is -2.25. The molecule has 0 bridgehead atoms. The average Bonchev–Trinajstić information content (AvgIpc) is 3.38. The van der Waals surface area contributed by atoms with E-state index in [2.05, 4.69) is 62.1 Å². The Hall–Kier alpha value is -2.80. The summed E-state index contributed by atoms with van der Waals surface area (Å²) in [4.78, 5) is 9.56. The maximum atomic E-state index is 4.59. The van der Waals surface area contributed by atoms with Gasteiger partial charge in [0, 0.05) is 45.5 Å². The van der Waals surface area contributed by atoms with E-state index in [1.54, 1.807) is 0 Å². The standard InChI is InChI=1S/C22H27N7/c1-15-5-4-9-23-19(15)13-28-12-17-8-10-29(20(17)14-28)21-7-6-18(25-26-21)22-16(2)11-24-27(22)3/h4-7,9,11,17,20H,8,10,12-14H2,1-3H3. The maximum absolute atomic E-state index is 4.59. The van der Waals surface area contributed by atoms with Crippen LogP contribution >= 0.6 is 0 Å². The normalized spacial score (nSPS) is 21.7. The van der Waals surface area contributed by atoms with Gasteiger partial charge in [0.05, 0.1) is 17.6 Å². The van der Waals surface area contributed by atoms with Gasteiger partial charge in [-0.3, -0.25) is 14.6 Å². The van der Waals surface area contributed by atoms with Gasteiger partial charge < -0.3 is 4.90 Å². The minimum absolute atomic E-state index is 0.512. The van der Waals surface area contributed by atoms with Crippen molar-refractivity contribution in [1.29, 1.82) is 0 Å². The minimum atomic E-state index is 0.512. The third-order valence-corrected chi connectivity index (χ3v) is 6.42. The molecule has 7 nitrogen and oxygen atoms in total. The molecule has 7 heteroatoms. The molecule has 2 unspecified atom stereocenters. The van der Waals surface area contributed by atoms with Gasteiger partial charge in [-0.25, -0.2) is 0 Å². The highest BCUT2D eigenvalue weighted by Crippen LogP contribution is 2.35. The molecule has 2 atom stereocenters. The Labute approximate surface area is 171 Å². The predicted molar refractivity (Wildman–Crippen MR) is 112 cm³/mol. The van der Waals surface area contributed by atoms with Crippen molar-refractivity contribution in [2.24, 2.45) is 13.0 Å². The summed E-state index contributed by atoms with van der Waals surface area (Å²) in [6.07, 6.45) is 4.98. The molecule has 2 saturated heterocycles. The van der Waals surface area contributed by atoms with Crippen LogP contribution in [-0.4, -0.2) is 55.5 Å². The molecule has 0 spiro atoms. The van der Waals surface area contributed by atoms with E-state index in [0.29, 0.717) is 12.0 Å². The van der Waals surface area contributed by atoms with E-state index in [1.165, 1.54) is 17.7 Å². The van der Waals surface area contributed by atoms with Crippen molar-refractivity contribution >= 4 is 5.82 Å². The molecule has 2 fully saturated rings. The van der Waals surface area contributed by atoms with Crippen LogP contribution in [0, 0.1) is 19.8 Å².